The molecule has 0 saturated heterocycles. The van der Waals surface area contributed by atoms with Crippen LogP contribution < -0.4 is 5.32 Å². The maximum atomic E-state index is 12.9. The second-order valence-corrected chi connectivity index (χ2v) is 4.30. The highest BCUT2D eigenvalue weighted by molar-refractivity contribution is 5.91. The van der Waals surface area contributed by atoms with E-state index in [1.807, 2.05) is 16.9 Å². The van der Waals surface area contributed by atoms with Crippen molar-refractivity contribution in [2.45, 2.75) is 13.0 Å². The van der Waals surface area contributed by atoms with Gasteiger partial charge in [-0.25, -0.2) is 4.39 Å². The molecule has 20 heavy (non-hydrogen) atoms. The van der Waals surface area contributed by atoms with E-state index in [0.29, 0.717) is 12.1 Å². The number of amides is 1. The number of nitrogens with one attached hydrogen (secondary N) is 1. The van der Waals surface area contributed by atoms with E-state index in [2.05, 4.69) is 10.4 Å². The third-order valence-corrected chi connectivity index (χ3v) is 2.70. The van der Waals surface area contributed by atoms with Crippen LogP contribution in [0.5, 0.6) is 0 Å². The Labute approximate surface area is 116 Å². The number of nitrogens with zero attached hydrogens (tertiary/aromatic N) is 2. The fraction of sp³-hybridized carbons (Fsp3) is 0.200. The lowest BCUT2D eigenvalue weighted by Gasteiger charge is -2.02. The van der Waals surface area contributed by atoms with Crippen LogP contribution in [0.4, 0.5) is 4.39 Å². The van der Waals surface area contributed by atoms with E-state index in [0.717, 1.165) is 13.0 Å². The molecule has 0 spiro atoms. The topological polar surface area (TPSA) is 46.9 Å². The van der Waals surface area contributed by atoms with Crippen molar-refractivity contribution in [2.24, 2.45) is 0 Å². The van der Waals surface area contributed by atoms with Crippen molar-refractivity contribution in [3.8, 4) is 0 Å². The average Bonchev–Trinajstić information content (AvgIpc) is 2.95. The largest absolute Gasteiger partial charge is 0.352 e. The number of carbonyl (C=O) groups is 1. The minimum absolute atomic E-state index is 0.185. The molecule has 0 aliphatic heterocycles. The van der Waals surface area contributed by atoms with Gasteiger partial charge in [-0.05, 0) is 36.3 Å². The van der Waals surface area contributed by atoms with Gasteiger partial charge in [-0.15, -0.1) is 0 Å². The van der Waals surface area contributed by atoms with Crippen LogP contribution in [0.3, 0.4) is 0 Å². The fourth-order valence-corrected chi connectivity index (χ4v) is 1.73. The van der Waals surface area contributed by atoms with Gasteiger partial charge in [0.15, 0.2) is 0 Å². The third kappa shape index (κ3) is 4.68. The van der Waals surface area contributed by atoms with Gasteiger partial charge in [0.1, 0.15) is 5.82 Å². The smallest absolute Gasteiger partial charge is 0.244 e. The molecule has 1 N–H and O–H groups in total. The Hall–Kier alpha value is -2.43. The van der Waals surface area contributed by atoms with Gasteiger partial charge in [0, 0.05) is 31.6 Å². The van der Waals surface area contributed by atoms with E-state index in [9.17, 15) is 9.18 Å². The number of aryl methyl sites for hydroxylation is 1. The van der Waals surface area contributed by atoms with Crippen molar-refractivity contribution >= 4 is 12.0 Å². The zero-order valence-electron chi connectivity index (χ0n) is 11.0. The first kappa shape index (κ1) is 14.0. The molecule has 0 fully saturated rings. The highest BCUT2D eigenvalue weighted by atomic mass is 19.1. The van der Waals surface area contributed by atoms with Crippen LogP contribution in [0.15, 0.2) is 48.8 Å². The molecule has 0 aliphatic rings. The molecular weight excluding hydrogens is 257 g/mol. The van der Waals surface area contributed by atoms with Crippen LogP contribution in [0.2, 0.25) is 0 Å². The van der Waals surface area contributed by atoms with Crippen LogP contribution in [-0.4, -0.2) is 22.2 Å². The molecule has 0 radical (unpaired) electrons. The van der Waals surface area contributed by atoms with Crippen LogP contribution in [0.25, 0.3) is 6.08 Å². The molecule has 1 amide bonds. The Morgan fingerprint density at radius 2 is 2.30 bits per heavy atom. The van der Waals surface area contributed by atoms with Gasteiger partial charge in [0.05, 0.1) is 0 Å². The lowest BCUT2D eigenvalue weighted by Crippen LogP contribution is -2.23. The molecule has 1 aromatic heterocycles. The first-order chi connectivity index (χ1) is 9.74. The monoisotopic (exact) mass is 273 g/mol. The predicted octanol–water partition coefficient (Wildman–Crippen LogP) is 2.24. The molecule has 0 bridgehead atoms. The van der Waals surface area contributed by atoms with Gasteiger partial charge < -0.3 is 5.32 Å². The Kier molecular flexibility index (Phi) is 5.06. The molecule has 4 nitrogen and oxygen atoms in total. The molecule has 2 rings (SSSR count). The molecule has 1 heterocycles. The number of hydrogen-bond donors (Lipinski definition) is 1. The molecule has 0 saturated carbocycles. The molecule has 1 aromatic carbocycles. The second kappa shape index (κ2) is 7.23. The standard InChI is InChI=1S/C15H16FN3O/c16-14-5-1-4-13(12-14)6-7-15(20)17-8-2-10-19-11-3-9-18-19/h1,3-7,9,11-12H,2,8,10H2,(H,17,20)/b7-6+. The first-order valence-corrected chi connectivity index (χ1v) is 6.43. The molecule has 104 valence electrons. The Morgan fingerprint density at radius 3 is 3.05 bits per heavy atom. The van der Waals surface area contributed by atoms with Gasteiger partial charge in [-0.1, -0.05) is 12.1 Å². The maximum absolute atomic E-state index is 12.9. The zero-order chi connectivity index (χ0) is 14.2. The summed E-state index contributed by atoms with van der Waals surface area (Å²) in [6.45, 7) is 1.34. The van der Waals surface area contributed by atoms with Crippen molar-refractivity contribution < 1.29 is 9.18 Å². The summed E-state index contributed by atoms with van der Waals surface area (Å²) >= 11 is 0. The van der Waals surface area contributed by atoms with Crippen molar-refractivity contribution in [2.75, 3.05) is 6.54 Å². The van der Waals surface area contributed by atoms with Crippen molar-refractivity contribution in [3.63, 3.8) is 0 Å². The van der Waals surface area contributed by atoms with Crippen LogP contribution in [-0.2, 0) is 11.3 Å². The van der Waals surface area contributed by atoms with Gasteiger partial charge in [0.25, 0.3) is 0 Å². The molecular formula is C15H16FN3O. The number of carbonyl (C=O) groups excluding carboxylic acids is 1. The summed E-state index contributed by atoms with van der Waals surface area (Å²) in [6, 6.07) is 7.95. The number of aromatic nitrogens is 2. The first-order valence-electron chi connectivity index (χ1n) is 6.43. The van der Waals surface area contributed by atoms with E-state index in [1.54, 1.807) is 24.4 Å². The zero-order valence-corrected chi connectivity index (χ0v) is 11.0. The summed E-state index contributed by atoms with van der Waals surface area (Å²) in [5, 5.41) is 6.84. The lowest BCUT2D eigenvalue weighted by atomic mass is 10.2. The van der Waals surface area contributed by atoms with Crippen molar-refractivity contribution in [1.82, 2.24) is 15.1 Å². The van der Waals surface area contributed by atoms with E-state index in [4.69, 9.17) is 0 Å². The van der Waals surface area contributed by atoms with Gasteiger partial charge in [-0.2, -0.15) is 5.10 Å². The van der Waals surface area contributed by atoms with Crippen LogP contribution >= 0.6 is 0 Å². The van der Waals surface area contributed by atoms with E-state index in [1.165, 1.54) is 18.2 Å². The summed E-state index contributed by atoms with van der Waals surface area (Å²) < 4.78 is 14.7. The highest BCUT2D eigenvalue weighted by Crippen LogP contribution is 2.04. The van der Waals surface area contributed by atoms with E-state index in [-0.39, 0.29) is 11.7 Å². The van der Waals surface area contributed by atoms with E-state index >= 15 is 0 Å². The number of halogens is 1. The molecule has 5 heteroatoms. The fourth-order valence-electron chi connectivity index (χ4n) is 1.73. The van der Waals surface area contributed by atoms with Crippen LogP contribution in [0, 0.1) is 5.82 Å². The van der Waals surface area contributed by atoms with E-state index < -0.39 is 0 Å². The Morgan fingerprint density at radius 1 is 1.40 bits per heavy atom. The minimum Gasteiger partial charge on any atom is -0.352 e. The van der Waals surface area contributed by atoms with Crippen LogP contribution in [0.1, 0.15) is 12.0 Å². The average molecular weight is 273 g/mol. The third-order valence-electron chi connectivity index (χ3n) is 2.70. The number of benzene rings is 1. The summed E-state index contributed by atoms with van der Waals surface area (Å²) in [5.41, 5.74) is 0.664. The highest BCUT2D eigenvalue weighted by Gasteiger charge is 1.96. The summed E-state index contributed by atoms with van der Waals surface area (Å²) in [7, 11) is 0. The summed E-state index contributed by atoms with van der Waals surface area (Å²) in [5.74, 6) is -0.499. The molecule has 0 aliphatic carbocycles. The van der Waals surface area contributed by atoms with Crippen molar-refractivity contribution in [3.05, 3.63) is 60.2 Å². The Balaban J connectivity index is 1.70. The SMILES string of the molecule is O=C(/C=C/c1cccc(F)c1)NCCCn1cccn1. The molecule has 2 aromatic rings. The minimum atomic E-state index is -0.313. The van der Waals surface area contributed by atoms with Gasteiger partial charge in [0.2, 0.25) is 5.91 Å². The quantitative estimate of drug-likeness (QED) is 0.648. The number of hydrogen-bond acceptors (Lipinski definition) is 2. The predicted molar refractivity (Wildman–Crippen MR) is 75.3 cm³/mol. The second-order valence-electron chi connectivity index (χ2n) is 4.30. The van der Waals surface area contributed by atoms with Gasteiger partial charge >= 0.3 is 0 Å². The lowest BCUT2D eigenvalue weighted by molar-refractivity contribution is -0.116. The summed E-state index contributed by atoms with van der Waals surface area (Å²) in [4.78, 5) is 11.5. The van der Waals surface area contributed by atoms with Crippen molar-refractivity contribution in [1.29, 1.82) is 0 Å². The normalized spacial score (nSPS) is 10.8. The molecule has 0 unspecified atom stereocenters. The Bertz CT molecular complexity index is 579. The maximum Gasteiger partial charge on any atom is 0.244 e. The number of rotatable bonds is 6. The molecule has 0 atom stereocenters. The summed E-state index contributed by atoms with van der Waals surface area (Å²) in [6.07, 6.45) is 7.40. The van der Waals surface area contributed by atoms with Gasteiger partial charge in [-0.3, -0.25) is 9.48 Å².